The van der Waals surface area contributed by atoms with E-state index in [0.29, 0.717) is 13.1 Å². The van der Waals surface area contributed by atoms with Crippen molar-refractivity contribution in [2.24, 2.45) is 17.8 Å². The van der Waals surface area contributed by atoms with Crippen molar-refractivity contribution in [3.05, 3.63) is 16.3 Å². The van der Waals surface area contributed by atoms with Gasteiger partial charge >= 0.3 is 6.09 Å². The van der Waals surface area contributed by atoms with Gasteiger partial charge in [0.25, 0.3) is 0 Å². The molecule has 0 N–H and O–H groups in total. The lowest BCUT2D eigenvalue weighted by atomic mass is 10.1. The van der Waals surface area contributed by atoms with Crippen molar-refractivity contribution in [3.8, 4) is 5.75 Å². The van der Waals surface area contributed by atoms with Gasteiger partial charge in [0.1, 0.15) is 11.4 Å². The van der Waals surface area contributed by atoms with Crippen molar-refractivity contribution in [1.29, 1.82) is 0 Å². The Kier molecular flexibility index (Phi) is 3.67. The number of methoxy groups -OCH3 is 1. The fourth-order valence-electron chi connectivity index (χ4n) is 3.11. The number of nitrogens with zero attached hydrogens (tertiary/aromatic N) is 1. The first-order valence-electron chi connectivity index (χ1n) is 7.45. The highest BCUT2D eigenvalue weighted by molar-refractivity contribution is 7.12. The van der Waals surface area contributed by atoms with Crippen molar-refractivity contribution in [2.45, 2.75) is 26.4 Å². The summed E-state index contributed by atoms with van der Waals surface area (Å²) in [6, 6.07) is 1.80. The van der Waals surface area contributed by atoms with E-state index >= 15 is 0 Å². The Morgan fingerprint density at radius 3 is 2.41 bits per heavy atom. The van der Waals surface area contributed by atoms with Gasteiger partial charge in [-0.3, -0.25) is 4.79 Å². The molecule has 1 amide bonds. The van der Waals surface area contributed by atoms with E-state index in [9.17, 15) is 9.59 Å². The second-order valence-corrected chi connectivity index (χ2v) is 7.87. The number of ketones is 1. The quantitative estimate of drug-likeness (QED) is 0.802. The molecular formula is C16H21NO4S. The van der Waals surface area contributed by atoms with Gasteiger partial charge in [-0.15, -0.1) is 11.3 Å². The molecule has 3 atom stereocenters. The molecule has 1 aromatic heterocycles. The van der Waals surface area contributed by atoms with Gasteiger partial charge in [0.05, 0.1) is 12.0 Å². The highest BCUT2D eigenvalue weighted by Crippen LogP contribution is 2.53. The van der Waals surface area contributed by atoms with Crippen LogP contribution in [0.1, 0.15) is 30.4 Å². The Morgan fingerprint density at radius 1 is 1.27 bits per heavy atom. The molecule has 5 nitrogen and oxygen atoms in total. The molecule has 0 radical (unpaired) electrons. The summed E-state index contributed by atoms with van der Waals surface area (Å²) >= 11 is 1.42. The lowest BCUT2D eigenvalue weighted by molar-refractivity contribution is 0.0264. The summed E-state index contributed by atoms with van der Waals surface area (Å²) in [5.41, 5.74) is -0.480. The smallest absolute Gasteiger partial charge is 0.410 e. The maximum atomic E-state index is 12.5. The largest absolute Gasteiger partial charge is 0.496 e. The molecule has 2 unspecified atom stereocenters. The molecule has 1 aliphatic heterocycles. The molecule has 22 heavy (non-hydrogen) atoms. The van der Waals surface area contributed by atoms with Crippen LogP contribution in [0.4, 0.5) is 4.79 Å². The number of carbonyl (C=O) groups excluding carboxylic acids is 2. The maximum absolute atomic E-state index is 12.5. The summed E-state index contributed by atoms with van der Waals surface area (Å²) in [4.78, 5) is 27.0. The van der Waals surface area contributed by atoms with Gasteiger partial charge in [-0.2, -0.15) is 0 Å². The summed E-state index contributed by atoms with van der Waals surface area (Å²) < 4.78 is 10.5. The van der Waals surface area contributed by atoms with Crippen LogP contribution in [-0.4, -0.2) is 42.6 Å². The molecule has 1 saturated carbocycles. The molecular weight excluding hydrogens is 302 g/mol. The Hall–Kier alpha value is -1.56. The molecule has 0 spiro atoms. The summed E-state index contributed by atoms with van der Waals surface area (Å²) in [7, 11) is 1.60. The van der Waals surface area contributed by atoms with Crippen molar-refractivity contribution >= 4 is 23.2 Å². The average Bonchev–Trinajstić information content (AvgIpc) is 2.85. The lowest BCUT2D eigenvalue weighted by Crippen LogP contribution is -2.37. The number of likely N-dealkylation sites (tertiary alicyclic amines) is 1. The van der Waals surface area contributed by atoms with Gasteiger partial charge < -0.3 is 14.4 Å². The predicted octanol–water partition coefficient (Wildman–Crippen LogP) is 3.05. The van der Waals surface area contributed by atoms with Crippen LogP contribution in [0, 0.1) is 17.8 Å². The van der Waals surface area contributed by atoms with E-state index in [0.717, 1.165) is 10.6 Å². The molecule has 120 valence electrons. The van der Waals surface area contributed by atoms with Crippen LogP contribution < -0.4 is 4.74 Å². The van der Waals surface area contributed by atoms with Crippen molar-refractivity contribution in [3.63, 3.8) is 0 Å². The SMILES string of the molecule is COc1csc(C(=O)C2C3CN(C(=O)OC(C)(C)C)C[C@H]32)c1. The molecule has 0 aromatic carbocycles. The fourth-order valence-corrected chi connectivity index (χ4v) is 3.95. The van der Waals surface area contributed by atoms with Crippen LogP contribution >= 0.6 is 11.3 Å². The number of hydrogen-bond donors (Lipinski definition) is 0. The van der Waals surface area contributed by atoms with Gasteiger partial charge in [-0.05, 0) is 32.6 Å². The van der Waals surface area contributed by atoms with Gasteiger partial charge in [0, 0.05) is 30.5 Å². The van der Waals surface area contributed by atoms with Gasteiger partial charge in [-0.25, -0.2) is 4.79 Å². The van der Waals surface area contributed by atoms with Crippen molar-refractivity contribution < 1.29 is 19.1 Å². The number of piperidine rings is 1. The van der Waals surface area contributed by atoms with E-state index in [4.69, 9.17) is 9.47 Å². The zero-order valence-corrected chi connectivity index (χ0v) is 14.1. The third-order valence-electron chi connectivity index (χ3n) is 4.20. The first-order chi connectivity index (χ1) is 10.3. The van der Waals surface area contributed by atoms with Crippen molar-refractivity contribution in [1.82, 2.24) is 4.90 Å². The number of amides is 1. The predicted molar refractivity (Wildman–Crippen MR) is 83.5 cm³/mol. The molecule has 1 aliphatic carbocycles. The van der Waals surface area contributed by atoms with E-state index in [-0.39, 0.29) is 29.6 Å². The van der Waals surface area contributed by atoms with E-state index in [1.807, 2.05) is 26.2 Å². The van der Waals surface area contributed by atoms with E-state index in [1.165, 1.54) is 11.3 Å². The number of thiophene rings is 1. The number of fused-ring (bicyclic) bond motifs is 1. The standard InChI is InChI=1S/C16H21NO4S/c1-16(2,3)21-15(19)17-6-10-11(7-17)13(10)14(18)12-5-9(20-4)8-22-12/h5,8,10-11,13H,6-7H2,1-4H3/t10-,11?,13?/m1/s1. The number of carbonyl (C=O) groups is 2. The van der Waals surface area contributed by atoms with Gasteiger partial charge in [0.15, 0.2) is 5.78 Å². The molecule has 2 fully saturated rings. The summed E-state index contributed by atoms with van der Waals surface area (Å²) in [5.74, 6) is 1.55. The highest BCUT2D eigenvalue weighted by atomic mass is 32.1. The average molecular weight is 323 g/mol. The zero-order valence-electron chi connectivity index (χ0n) is 13.3. The summed E-state index contributed by atoms with van der Waals surface area (Å²) in [6.45, 7) is 6.83. The Labute approximate surface area is 134 Å². The Bertz CT molecular complexity index is 592. The number of ether oxygens (including phenoxy) is 2. The highest BCUT2D eigenvalue weighted by Gasteiger charge is 2.60. The normalized spacial score (nSPS) is 26.5. The van der Waals surface area contributed by atoms with E-state index in [2.05, 4.69) is 0 Å². The van der Waals surface area contributed by atoms with E-state index < -0.39 is 5.60 Å². The molecule has 2 heterocycles. The van der Waals surface area contributed by atoms with Crippen LogP contribution in [0.15, 0.2) is 11.4 Å². The Morgan fingerprint density at radius 2 is 1.91 bits per heavy atom. The van der Waals surface area contributed by atoms with Crippen LogP contribution in [-0.2, 0) is 4.74 Å². The van der Waals surface area contributed by atoms with Crippen LogP contribution in [0.25, 0.3) is 0 Å². The third kappa shape index (κ3) is 2.84. The minimum atomic E-state index is -0.480. The first kappa shape index (κ1) is 15.3. The zero-order chi connectivity index (χ0) is 16.1. The fraction of sp³-hybridized carbons (Fsp3) is 0.625. The third-order valence-corrected chi connectivity index (χ3v) is 5.13. The monoisotopic (exact) mass is 323 g/mol. The minimum absolute atomic E-state index is 0.0574. The van der Waals surface area contributed by atoms with Crippen LogP contribution in [0.2, 0.25) is 0 Å². The first-order valence-corrected chi connectivity index (χ1v) is 8.33. The second-order valence-electron chi connectivity index (χ2n) is 6.95. The summed E-state index contributed by atoms with van der Waals surface area (Å²) in [5, 5.41) is 1.85. The lowest BCUT2D eigenvalue weighted by Gasteiger charge is -2.25. The minimum Gasteiger partial charge on any atom is -0.496 e. The topological polar surface area (TPSA) is 55.8 Å². The number of hydrogen-bond acceptors (Lipinski definition) is 5. The molecule has 2 aliphatic rings. The molecule has 6 heteroatoms. The molecule has 0 bridgehead atoms. The number of Topliss-reactive ketones (excluding diaryl/α,β-unsaturated/α-hetero) is 1. The second kappa shape index (κ2) is 5.26. The van der Waals surface area contributed by atoms with Gasteiger partial charge in [-0.1, -0.05) is 0 Å². The number of rotatable bonds is 3. The summed E-state index contributed by atoms with van der Waals surface area (Å²) in [6.07, 6.45) is -0.274. The van der Waals surface area contributed by atoms with E-state index in [1.54, 1.807) is 18.1 Å². The van der Waals surface area contributed by atoms with Crippen molar-refractivity contribution in [2.75, 3.05) is 20.2 Å². The van der Waals surface area contributed by atoms with Crippen LogP contribution in [0.5, 0.6) is 5.75 Å². The molecule has 1 saturated heterocycles. The molecule has 3 rings (SSSR count). The molecule has 1 aromatic rings. The Balaban J connectivity index is 1.56. The maximum Gasteiger partial charge on any atom is 0.410 e. The van der Waals surface area contributed by atoms with Gasteiger partial charge in [0.2, 0.25) is 0 Å². The van der Waals surface area contributed by atoms with Crippen LogP contribution in [0.3, 0.4) is 0 Å².